The molecule has 3 unspecified atom stereocenters. The van der Waals surface area contributed by atoms with Crippen LogP contribution < -0.4 is 0 Å². The molecule has 0 spiro atoms. The van der Waals surface area contributed by atoms with Crippen molar-refractivity contribution in [2.75, 3.05) is 19.7 Å². The Hall–Kier alpha value is -3.51. The van der Waals surface area contributed by atoms with Crippen molar-refractivity contribution in [3.63, 3.8) is 0 Å². The molecule has 6 nitrogen and oxygen atoms in total. The molecule has 0 radical (unpaired) electrons. The highest BCUT2D eigenvalue weighted by atomic mass is 16.5. The van der Waals surface area contributed by atoms with Crippen molar-refractivity contribution in [3.8, 4) is 0 Å². The van der Waals surface area contributed by atoms with Crippen LogP contribution in [-0.4, -0.2) is 53.7 Å². The number of morpholine rings is 1. The van der Waals surface area contributed by atoms with Gasteiger partial charge in [-0.3, -0.25) is 4.79 Å². The largest absolute Gasteiger partial charge is 0.452 e. The third-order valence-electron chi connectivity index (χ3n) is 6.86. The number of benzene rings is 2. The van der Waals surface area contributed by atoms with Crippen LogP contribution in [0.2, 0.25) is 0 Å². The van der Waals surface area contributed by atoms with Crippen LogP contribution in [0.15, 0.2) is 54.6 Å². The fraction of sp³-hybridized carbons (Fsp3) is 0.367. The average molecular weight is 485 g/mol. The monoisotopic (exact) mass is 484 g/mol. The van der Waals surface area contributed by atoms with Crippen LogP contribution in [0.1, 0.15) is 54.4 Å². The molecule has 5 rings (SSSR count). The summed E-state index contributed by atoms with van der Waals surface area (Å²) in [5.41, 5.74) is 5.25. The Labute approximate surface area is 211 Å². The van der Waals surface area contributed by atoms with E-state index in [-0.39, 0.29) is 24.7 Å². The molecule has 3 aromatic rings. The van der Waals surface area contributed by atoms with Gasteiger partial charge in [0.15, 0.2) is 6.61 Å². The summed E-state index contributed by atoms with van der Waals surface area (Å²) in [6.07, 6.45) is 3.70. The molecule has 3 atom stereocenters. The van der Waals surface area contributed by atoms with E-state index in [0.717, 1.165) is 46.1 Å². The molecule has 6 heteroatoms. The number of nitrogens with zero attached hydrogens (tertiary/aromatic N) is 2. The molecule has 1 amide bonds. The number of hydrogen-bond acceptors (Lipinski definition) is 5. The van der Waals surface area contributed by atoms with Crippen LogP contribution in [0.5, 0.6) is 0 Å². The third kappa shape index (κ3) is 5.05. The van der Waals surface area contributed by atoms with Gasteiger partial charge in [-0.15, -0.1) is 0 Å². The van der Waals surface area contributed by atoms with Gasteiger partial charge < -0.3 is 14.4 Å². The Kier molecular flexibility index (Phi) is 6.88. The van der Waals surface area contributed by atoms with Crippen molar-refractivity contribution >= 4 is 34.4 Å². The Morgan fingerprint density at radius 1 is 1.00 bits per heavy atom. The topological polar surface area (TPSA) is 68.7 Å². The van der Waals surface area contributed by atoms with Crippen molar-refractivity contribution in [2.45, 2.75) is 45.8 Å². The molecule has 1 aliphatic heterocycles. The third-order valence-corrected chi connectivity index (χ3v) is 6.86. The van der Waals surface area contributed by atoms with E-state index >= 15 is 0 Å². The highest BCUT2D eigenvalue weighted by molar-refractivity contribution is 6.07. The van der Waals surface area contributed by atoms with Gasteiger partial charge in [-0.1, -0.05) is 55.5 Å². The van der Waals surface area contributed by atoms with Gasteiger partial charge in [-0.25, -0.2) is 9.78 Å². The minimum absolute atomic E-state index is 0.0409. The summed E-state index contributed by atoms with van der Waals surface area (Å²) in [5.74, 6) is -0.323. The number of aromatic nitrogens is 1. The van der Waals surface area contributed by atoms with Gasteiger partial charge in [0.1, 0.15) is 0 Å². The molecule has 2 heterocycles. The second kappa shape index (κ2) is 10.2. The maximum absolute atomic E-state index is 13.6. The van der Waals surface area contributed by atoms with Crippen LogP contribution in [0.4, 0.5) is 0 Å². The van der Waals surface area contributed by atoms with Gasteiger partial charge in [-0.2, -0.15) is 0 Å². The zero-order valence-corrected chi connectivity index (χ0v) is 21.1. The molecule has 0 saturated carbocycles. The van der Waals surface area contributed by atoms with Crippen molar-refractivity contribution in [3.05, 3.63) is 77.0 Å². The van der Waals surface area contributed by atoms with Crippen LogP contribution in [0.25, 0.3) is 22.6 Å². The fourth-order valence-corrected chi connectivity index (χ4v) is 5.39. The number of para-hydroxylation sites is 1. The Bertz CT molecular complexity index is 1310. The molecular formula is C30H32N2O4. The van der Waals surface area contributed by atoms with Crippen molar-refractivity contribution < 1.29 is 19.1 Å². The van der Waals surface area contributed by atoms with E-state index in [1.807, 2.05) is 56.3 Å². The lowest BCUT2D eigenvalue weighted by atomic mass is 9.80. The molecule has 0 N–H and O–H groups in total. The van der Waals surface area contributed by atoms with E-state index in [0.29, 0.717) is 24.6 Å². The molecule has 1 aromatic heterocycles. The number of hydrogen-bond donors (Lipinski definition) is 0. The fourth-order valence-electron chi connectivity index (χ4n) is 5.39. The van der Waals surface area contributed by atoms with Gasteiger partial charge in [0.25, 0.3) is 5.91 Å². The van der Waals surface area contributed by atoms with Gasteiger partial charge in [-0.05, 0) is 61.4 Å². The molecular weight excluding hydrogens is 452 g/mol. The smallest absolute Gasteiger partial charge is 0.339 e. The van der Waals surface area contributed by atoms with E-state index < -0.39 is 5.97 Å². The van der Waals surface area contributed by atoms with Crippen molar-refractivity contribution in [2.24, 2.45) is 5.92 Å². The SMILES string of the molecule is CC1C/C(=C/c2ccccc2)c2nc3ccccc3c(C(=O)OCC(=O)N3CC(C)OC(C)C3)c2C1. The standard InChI is InChI=1S/C30H32N2O4/c1-19-13-23(15-22-9-5-4-6-10-22)29-25(14-19)28(24-11-7-8-12-26(24)31-29)30(34)35-18-27(33)32-16-20(2)36-21(3)17-32/h4-12,15,19-21H,13-14,16-18H2,1-3H3/b23-15-. The first-order valence-electron chi connectivity index (χ1n) is 12.7. The number of pyridine rings is 1. The van der Waals surface area contributed by atoms with Gasteiger partial charge in [0.2, 0.25) is 0 Å². The van der Waals surface area contributed by atoms with Gasteiger partial charge in [0, 0.05) is 18.5 Å². The molecule has 2 aliphatic rings. The lowest BCUT2D eigenvalue weighted by Crippen LogP contribution is -2.49. The number of esters is 1. The summed E-state index contributed by atoms with van der Waals surface area (Å²) in [4.78, 5) is 33.1. The average Bonchev–Trinajstić information content (AvgIpc) is 2.86. The minimum atomic E-state index is -0.472. The normalized spacial score (nSPS) is 22.9. The van der Waals surface area contributed by atoms with Crippen LogP contribution in [-0.2, 0) is 20.7 Å². The number of fused-ring (bicyclic) bond motifs is 2. The molecule has 1 saturated heterocycles. The number of carbonyl (C=O) groups is 2. The number of allylic oxidation sites excluding steroid dienone is 1. The minimum Gasteiger partial charge on any atom is -0.452 e. The highest BCUT2D eigenvalue weighted by Gasteiger charge is 2.30. The van der Waals surface area contributed by atoms with Crippen LogP contribution in [0, 0.1) is 5.92 Å². The maximum atomic E-state index is 13.6. The maximum Gasteiger partial charge on any atom is 0.339 e. The highest BCUT2D eigenvalue weighted by Crippen LogP contribution is 2.38. The number of ether oxygens (including phenoxy) is 2. The number of carbonyl (C=O) groups excluding carboxylic acids is 2. The summed E-state index contributed by atoms with van der Waals surface area (Å²) in [6.45, 7) is 6.79. The summed E-state index contributed by atoms with van der Waals surface area (Å²) in [6, 6.07) is 17.8. The van der Waals surface area contributed by atoms with E-state index in [1.165, 1.54) is 0 Å². The summed E-state index contributed by atoms with van der Waals surface area (Å²) < 4.78 is 11.4. The van der Waals surface area contributed by atoms with Crippen molar-refractivity contribution in [1.29, 1.82) is 0 Å². The predicted molar refractivity (Wildman–Crippen MR) is 140 cm³/mol. The lowest BCUT2D eigenvalue weighted by molar-refractivity contribution is -0.146. The second-order valence-corrected chi connectivity index (χ2v) is 10.1. The first kappa shape index (κ1) is 24.2. The quantitative estimate of drug-likeness (QED) is 0.479. The number of amides is 1. The Morgan fingerprint density at radius 3 is 2.44 bits per heavy atom. The molecule has 1 fully saturated rings. The molecule has 1 aliphatic carbocycles. The number of rotatable bonds is 4. The van der Waals surface area contributed by atoms with Crippen LogP contribution >= 0.6 is 0 Å². The molecule has 0 bridgehead atoms. The lowest BCUT2D eigenvalue weighted by Gasteiger charge is -2.35. The zero-order chi connectivity index (χ0) is 25.2. The first-order chi connectivity index (χ1) is 17.4. The van der Waals surface area contributed by atoms with Crippen molar-refractivity contribution in [1.82, 2.24) is 9.88 Å². The molecule has 2 aromatic carbocycles. The van der Waals surface area contributed by atoms with Gasteiger partial charge in [0.05, 0.1) is 29.0 Å². The van der Waals surface area contributed by atoms with Crippen LogP contribution in [0.3, 0.4) is 0 Å². The van der Waals surface area contributed by atoms with E-state index in [9.17, 15) is 9.59 Å². The first-order valence-corrected chi connectivity index (χ1v) is 12.7. The van der Waals surface area contributed by atoms with E-state index in [1.54, 1.807) is 4.90 Å². The summed E-state index contributed by atoms with van der Waals surface area (Å²) >= 11 is 0. The van der Waals surface area contributed by atoms with E-state index in [4.69, 9.17) is 14.5 Å². The Balaban J connectivity index is 1.49. The van der Waals surface area contributed by atoms with Gasteiger partial charge >= 0.3 is 5.97 Å². The molecule has 186 valence electrons. The second-order valence-electron chi connectivity index (χ2n) is 10.1. The van der Waals surface area contributed by atoms with E-state index in [2.05, 4.69) is 25.1 Å². The predicted octanol–water partition coefficient (Wildman–Crippen LogP) is 5.15. The summed E-state index contributed by atoms with van der Waals surface area (Å²) in [5, 5.41) is 0.760. The summed E-state index contributed by atoms with van der Waals surface area (Å²) in [7, 11) is 0. The Morgan fingerprint density at radius 2 is 1.69 bits per heavy atom. The molecule has 36 heavy (non-hydrogen) atoms. The zero-order valence-electron chi connectivity index (χ0n) is 21.1.